The normalized spacial score (nSPS) is 16.3. The van der Waals surface area contributed by atoms with Crippen LogP contribution in [0.1, 0.15) is 44.1 Å². The molecule has 0 aliphatic carbocycles. The lowest BCUT2D eigenvalue weighted by atomic mass is 9.81. The number of hydrogen-bond donors (Lipinski definition) is 4. The first-order chi connectivity index (χ1) is 12.4. The summed E-state index contributed by atoms with van der Waals surface area (Å²) in [6, 6.07) is 10.2. The van der Waals surface area contributed by atoms with Crippen molar-refractivity contribution in [1.29, 1.82) is 0 Å². The van der Waals surface area contributed by atoms with Gasteiger partial charge in [0.1, 0.15) is 5.54 Å². The van der Waals surface area contributed by atoms with Crippen molar-refractivity contribution in [3.8, 4) is 0 Å². The van der Waals surface area contributed by atoms with Crippen LogP contribution in [0.2, 0.25) is 6.32 Å². The van der Waals surface area contributed by atoms with Gasteiger partial charge >= 0.3 is 13.1 Å². The molecule has 6 nitrogen and oxygen atoms in total. The van der Waals surface area contributed by atoms with Gasteiger partial charge in [-0.05, 0) is 37.6 Å². The Morgan fingerprint density at radius 1 is 1.15 bits per heavy atom. The van der Waals surface area contributed by atoms with E-state index in [-0.39, 0.29) is 6.32 Å². The Labute approximate surface area is 155 Å². The second-order valence-corrected chi connectivity index (χ2v) is 7.02. The second-order valence-electron chi connectivity index (χ2n) is 7.02. The summed E-state index contributed by atoms with van der Waals surface area (Å²) >= 11 is 0. The Bertz CT molecular complexity index is 609. The van der Waals surface area contributed by atoms with Crippen molar-refractivity contribution < 1.29 is 19.9 Å². The highest BCUT2D eigenvalue weighted by Crippen LogP contribution is 2.27. The van der Waals surface area contributed by atoms with E-state index in [2.05, 4.69) is 23.1 Å². The summed E-state index contributed by atoms with van der Waals surface area (Å²) in [6.45, 7) is 1.73. The molecule has 1 atom stereocenters. The summed E-state index contributed by atoms with van der Waals surface area (Å²) in [4.78, 5) is 13.9. The summed E-state index contributed by atoms with van der Waals surface area (Å²) in [5.74, 6) is -0.984. The quantitative estimate of drug-likeness (QED) is 0.355. The maximum Gasteiger partial charge on any atom is 0.451 e. The maximum absolute atomic E-state index is 11.6. The third-order valence-electron chi connectivity index (χ3n) is 4.96. The smallest absolute Gasteiger partial charge is 0.451 e. The van der Waals surface area contributed by atoms with Crippen molar-refractivity contribution in [1.82, 2.24) is 4.90 Å². The molecule has 0 spiro atoms. The molecule has 1 heterocycles. The third kappa shape index (κ3) is 5.86. The highest BCUT2D eigenvalue weighted by Gasteiger charge is 2.33. The van der Waals surface area contributed by atoms with E-state index in [9.17, 15) is 9.90 Å². The van der Waals surface area contributed by atoms with Gasteiger partial charge in [0.2, 0.25) is 0 Å². The predicted octanol–water partition coefficient (Wildman–Crippen LogP) is 1.94. The highest BCUT2D eigenvalue weighted by molar-refractivity contribution is 6.40. The van der Waals surface area contributed by atoms with E-state index in [0.29, 0.717) is 32.1 Å². The zero-order valence-electron chi connectivity index (χ0n) is 15.2. The molecule has 0 saturated carbocycles. The Morgan fingerprint density at radius 2 is 1.85 bits per heavy atom. The lowest BCUT2D eigenvalue weighted by Crippen LogP contribution is -2.48. The van der Waals surface area contributed by atoms with Crippen molar-refractivity contribution >= 4 is 18.8 Å². The largest absolute Gasteiger partial charge is 0.480 e. The van der Waals surface area contributed by atoms with Crippen LogP contribution in [0.4, 0.5) is 0 Å². The zero-order valence-corrected chi connectivity index (χ0v) is 15.2. The number of carboxylic acid groups (broad SMARTS) is 1. The van der Waals surface area contributed by atoms with E-state index in [1.54, 1.807) is 0 Å². The number of nitrogens with two attached hydrogens (primary N) is 1. The number of hydrogen-bond acceptors (Lipinski definition) is 5. The summed E-state index contributed by atoms with van der Waals surface area (Å²) in [6.07, 6.45) is 6.04. The first-order valence-corrected chi connectivity index (χ1v) is 9.31. The molecule has 1 aromatic carbocycles. The molecule has 7 heteroatoms. The maximum atomic E-state index is 11.6. The van der Waals surface area contributed by atoms with Crippen molar-refractivity contribution in [2.24, 2.45) is 5.73 Å². The minimum absolute atomic E-state index is 0.245. The highest BCUT2D eigenvalue weighted by atomic mass is 16.4. The van der Waals surface area contributed by atoms with Gasteiger partial charge in [0.15, 0.2) is 0 Å². The summed E-state index contributed by atoms with van der Waals surface area (Å²) in [7, 11) is -1.34. The van der Waals surface area contributed by atoms with Crippen LogP contribution in [-0.4, -0.2) is 51.8 Å². The molecule has 1 aliphatic heterocycles. The summed E-state index contributed by atoms with van der Waals surface area (Å²) in [5.41, 5.74) is 7.27. The van der Waals surface area contributed by atoms with Crippen molar-refractivity contribution in [3.05, 3.63) is 42.0 Å². The lowest BCUT2D eigenvalue weighted by molar-refractivity contribution is -0.144. The standard InChI is InChI=1S/C19H29BN2O4/c21-19(18(23)24,11-4-5-13-20(25)26)12-7-15-22-14-6-10-17(22)16-8-2-1-3-9-16/h1-3,8-10,25-26H,4-7,11-15,21H2,(H,23,24). The van der Waals surface area contributed by atoms with Crippen LogP contribution in [0.5, 0.6) is 0 Å². The molecule has 1 unspecified atom stereocenters. The molecule has 1 aliphatic rings. The predicted molar refractivity (Wildman–Crippen MR) is 103 cm³/mol. The van der Waals surface area contributed by atoms with E-state index in [1.807, 2.05) is 18.2 Å². The van der Waals surface area contributed by atoms with Gasteiger partial charge in [0.05, 0.1) is 0 Å². The SMILES string of the molecule is NC(CCCCB(O)O)(CCCN1CCC=C1c1ccccc1)C(=O)O. The van der Waals surface area contributed by atoms with Gasteiger partial charge in [-0.25, -0.2) is 0 Å². The molecule has 0 radical (unpaired) electrons. The average Bonchev–Trinajstić information content (AvgIpc) is 3.08. The number of benzene rings is 1. The van der Waals surface area contributed by atoms with Crippen LogP contribution in [0.15, 0.2) is 36.4 Å². The topological polar surface area (TPSA) is 107 Å². The van der Waals surface area contributed by atoms with Crippen molar-refractivity contribution in [3.63, 3.8) is 0 Å². The lowest BCUT2D eigenvalue weighted by Gasteiger charge is -2.27. The van der Waals surface area contributed by atoms with Gasteiger partial charge in [-0.15, -0.1) is 0 Å². The Morgan fingerprint density at radius 3 is 2.50 bits per heavy atom. The fraction of sp³-hybridized carbons (Fsp3) is 0.526. The fourth-order valence-corrected chi connectivity index (χ4v) is 3.44. The van der Waals surface area contributed by atoms with E-state index >= 15 is 0 Å². The zero-order chi connectivity index (χ0) is 19.0. The number of unbranched alkanes of at least 4 members (excludes halogenated alkanes) is 1. The molecule has 2 rings (SSSR count). The van der Waals surface area contributed by atoms with Gasteiger partial charge in [-0.3, -0.25) is 4.79 Å². The number of rotatable bonds is 11. The van der Waals surface area contributed by atoms with Crippen molar-refractivity contribution in [2.75, 3.05) is 13.1 Å². The van der Waals surface area contributed by atoms with Crippen LogP contribution < -0.4 is 5.73 Å². The number of carboxylic acids is 1. The molecular weight excluding hydrogens is 331 g/mol. The van der Waals surface area contributed by atoms with Crippen LogP contribution in [0, 0.1) is 0 Å². The monoisotopic (exact) mass is 360 g/mol. The van der Waals surface area contributed by atoms with Crippen LogP contribution in [-0.2, 0) is 4.79 Å². The minimum Gasteiger partial charge on any atom is -0.480 e. The van der Waals surface area contributed by atoms with E-state index in [4.69, 9.17) is 15.8 Å². The Kier molecular flexibility index (Phi) is 7.69. The molecule has 0 bridgehead atoms. The van der Waals surface area contributed by atoms with Gasteiger partial charge in [0, 0.05) is 18.8 Å². The number of carbonyl (C=O) groups is 1. The first-order valence-electron chi connectivity index (χ1n) is 9.31. The number of aliphatic carboxylic acids is 1. The molecule has 26 heavy (non-hydrogen) atoms. The van der Waals surface area contributed by atoms with E-state index in [0.717, 1.165) is 19.5 Å². The molecule has 0 fully saturated rings. The summed E-state index contributed by atoms with van der Waals surface area (Å²) < 4.78 is 0. The average molecular weight is 360 g/mol. The Balaban J connectivity index is 1.83. The van der Waals surface area contributed by atoms with Gasteiger partial charge in [0.25, 0.3) is 0 Å². The Hall–Kier alpha value is -1.83. The molecule has 5 N–H and O–H groups in total. The van der Waals surface area contributed by atoms with E-state index < -0.39 is 18.6 Å². The molecular formula is C19H29BN2O4. The number of nitrogens with zero attached hydrogens (tertiary/aromatic N) is 1. The third-order valence-corrected chi connectivity index (χ3v) is 4.96. The van der Waals surface area contributed by atoms with Crippen molar-refractivity contribution in [2.45, 2.75) is 50.4 Å². The molecule has 0 amide bonds. The van der Waals surface area contributed by atoms with Gasteiger partial charge in [-0.2, -0.15) is 0 Å². The van der Waals surface area contributed by atoms with Crippen LogP contribution >= 0.6 is 0 Å². The van der Waals surface area contributed by atoms with E-state index in [1.165, 1.54) is 11.3 Å². The first kappa shape index (κ1) is 20.5. The van der Waals surface area contributed by atoms with Gasteiger partial charge < -0.3 is 25.8 Å². The summed E-state index contributed by atoms with van der Waals surface area (Å²) in [5, 5.41) is 27.3. The molecule has 142 valence electrons. The van der Waals surface area contributed by atoms with Crippen LogP contribution in [0.3, 0.4) is 0 Å². The minimum atomic E-state index is -1.34. The molecule has 0 aromatic heterocycles. The van der Waals surface area contributed by atoms with Crippen LogP contribution in [0.25, 0.3) is 5.70 Å². The molecule has 0 saturated heterocycles. The van der Waals surface area contributed by atoms with Gasteiger partial charge in [-0.1, -0.05) is 49.2 Å². The second kappa shape index (κ2) is 9.76. The fourth-order valence-electron chi connectivity index (χ4n) is 3.44. The molecule has 1 aromatic rings.